The van der Waals surface area contributed by atoms with Gasteiger partial charge in [0.15, 0.2) is 11.6 Å². The van der Waals surface area contributed by atoms with Gasteiger partial charge >= 0.3 is 0 Å². The molecule has 0 saturated heterocycles. The topological polar surface area (TPSA) is 30.5 Å². The van der Waals surface area contributed by atoms with Crippen LogP contribution in [0.3, 0.4) is 0 Å². The van der Waals surface area contributed by atoms with Gasteiger partial charge in [0.2, 0.25) is 0 Å². The van der Waals surface area contributed by atoms with E-state index in [2.05, 4.69) is 5.32 Å². The van der Waals surface area contributed by atoms with Crippen LogP contribution in [0.5, 0.6) is 17.2 Å². The van der Waals surface area contributed by atoms with Crippen molar-refractivity contribution in [1.82, 2.24) is 5.32 Å². The van der Waals surface area contributed by atoms with Crippen LogP contribution < -0.4 is 14.8 Å². The molecule has 2 rings (SSSR count). The van der Waals surface area contributed by atoms with Gasteiger partial charge in [-0.3, -0.25) is 0 Å². The van der Waals surface area contributed by atoms with E-state index in [9.17, 15) is 4.39 Å². The second-order valence-electron chi connectivity index (χ2n) is 4.48. The second-order valence-corrected chi connectivity index (χ2v) is 4.48. The van der Waals surface area contributed by atoms with Crippen molar-refractivity contribution < 1.29 is 13.9 Å². The fraction of sp³-hybridized carbons (Fsp3) is 0.250. The summed E-state index contributed by atoms with van der Waals surface area (Å²) in [5.74, 6) is 1.03. The van der Waals surface area contributed by atoms with E-state index in [1.807, 2.05) is 20.0 Å². The summed E-state index contributed by atoms with van der Waals surface area (Å²) >= 11 is 0. The number of benzene rings is 2. The zero-order chi connectivity index (χ0) is 14.5. The number of hydrogen-bond donors (Lipinski definition) is 1. The lowest BCUT2D eigenvalue weighted by Crippen LogP contribution is -2.12. The molecule has 1 unspecified atom stereocenters. The Bertz CT molecular complexity index is 586. The number of ether oxygens (including phenoxy) is 2. The van der Waals surface area contributed by atoms with E-state index in [1.54, 1.807) is 37.4 Å². The van der Waals surface area contributed by atoms with E-state index in [0.717, 1.165) is 5.56 Å². The minimum atomic E-state index is -0.382. The summed E-state index contributed by atoms with van der Waals surface area (Å²) in [6, 6.07) is 12.1. The van der Waals surface area contributed by atoms with Gasteiger partial charge in [0.05, 0.1) is 7.11 Å². The van der Waals surface area contributed by atoms with Crippen molar-refractivity contribution in [3.8, 4) is 17.2 Å². The molecule has 0 aromatic heterocycles. The highest BCUT2D eigenvalue weighted by Crippen LogP contribution is 2.28. The van der Waals surface area contributed by atoms with Crippen LogP contribution in [-0.2, 0) is 0 Å². The van der Waals surface area contributed by atoms with Crippen LogP contribution in [0.4, 0.5) is 4.39 Å². The molecule has 1 atom stereocenters. The quantitative estimate of drug-likeness (QED) is 0.897. The molecule has 4 heteroatoms. The third-order valence-corrected chi connectivity index (χ3v) is 3.16. The van der Waals surface area contributed by atoms with Gasteiger partial charge in [0.25, 0.3) is 0 Å². The third kappa shape index (κ3) is 3.27. The maximum atomic E-state index is 14.0. The highest BCUT2D eigenvalue weighted by atomic mass is 19.1. The third-order valence-electron chi connectivity index (χ3n) is 3.16. The molecule has 0 amide bonds. The van der Waals surface area contributed by atoms with E-state index in [1.165, 1.54) is 6.07 Å². The van der Waals surface area contributed by atoms with Crippen molar-refractivity contribution in [3.05, 3.63) is 53.8 Å². The molecule has 0 radical (unpaired) electrons. The number of methoxy groups -OCH3 is 1. The fourth-order valence-electron chi connectivity index (χ4n) is 1.83. The monoisotopic (exact) mass is 275 g/mol. The molecule has 0 saturated carbocycles. The molecule has 0 aliphatic carbocycles. The Morgan fingerprint density at radius 3 is 2.50 bits per heavy atom. The zero-order valence-corrected chi connectivity index (χ0v) is 11.8. The number of hydrogen-bond acceptors (Lipinski definition) is 3. The summed E-state index contributed by atoms with van der Waals surface area (Å²) in [4.78, 5) is 0. The molecule has 0 spiro atoms. The Morgan fingerprint density at radius 2 is 1.85 bits per heavy atom. The maximum absolute atomic E-state index is 14.0. The maximum Gasteiger partial charge on any atom is 0.166 e. The van der Waals surface area contributed by atoms with Gasteiger partial charge in [-0.15, -0.1) is 0 Å². The summed E-state index contributed by atoms with van der Waals surface area (Å²) in [6.45, 7) is 1.97. The van der Waals surface area contributed by atoms with Crippen LogP contribution in [0.1, 0.15) is 18.5 Å². The molecule has 0 heterocycles. The summed E-state index contributed by atoms with van der Waals surface area (Å²) in [5.41, 5.74) is 0.878. The molecule has 2 aromatic rings. The van der Waals surface area contributed by atoms with E-state index in [-0.39, 0.29) is 17.6 Å². The molecule has 0 bridgehead atoms. The van der Waals surface area contributed by atoms with Gasteiger partial charge in [-0.05, 0) is 43.8 Å². The Kier molecular flexibility index (Phi) is 4.58. The van der Waals surface area contributed by atoms with E-state index >= 15 is 0 Å². The molecule has 3 nitrogen and oxygen atoms in total. The standard InChI is InChI=1S/C16H18FNO2/c1-11(18-2)12-7-8-16(15(17)9-12)20-14-6-4-5-13(10-14)19-3/h4-11,18H,1-3H3. The molecule has 0 fully saturated rings. The fourth-order valence-corrected chi connectivity index (χ4v) is 1.83. The first-order chi connectivity index (χ1) is 9.63. The molecule has 106 valence electrons. The lowest BCUT2D eigenvalue weighted by Gasteiger charge is -2.13. The van der Waals surface area contributed by atoms with Crippen LogP contribution in [0.2, 0.25) is 0 Å². The Labute approximate surface area is 118 Å². The van der Waals surface area contributed by atoms with Crippen molar-refractivity contribution >= 4 is 0 Å². The average Bonchev–Trinajstić information content (AvgIpc) is 2.48. The van der Waals surface area contributed by atoms with Crippen molar-refractivity contribution in [1.29, 1.82) is 0 Å². The van der Waals surface area contributed by atoms with Gasteiger partial charge in [-0.2, -0.15) is 0 Å². The number of halogens is 1. The van der Waals surface area contributed by atoms with Crippen molar-refractivity contribution in [2.24, 2.45) is 0 Å². The van der Waals surface area contributed by atoms with Crippen LogP contribution in [0.25, 0.3) is 0 Å². The van der Waals surface area contributed by atoms with Crippen molar-refractivity contribution in [2.45, 2.75) is 13.0 Å². The number of rotatable bonds is 5. The molecule has 2 aromatic carbocycles. The first kappa shape index (κ1) is 14.3. The summed E-state index contributed by atoms with van der Waals surface area (Å²) in [7, 11) is 3.41. The number of nitrogens with one attached hydrogen (secondary N) is 1. The lowest BCUT2D eigenvalue weighted by atomic mass is 10.1. The lowest BCUT2D eigenvalue weighted by molar-refractivity contribution is 0.405. The second kappa shape index (κ2) is 6.39. The van der Waals surface area contributed by atoms with Crippen LogP contribution in [0.15, 0.2) is 42.5 Å². The summed E-state index contributed by atoms with van der Waals surface area (Å²) in [6.07, 6.45) is 0. The molecular formula is C16H18FNO2. The Morgan fingerprint density at radius 1 is 1.10 bits per heavy atom. The van der Waals surface area contributed by atoms with Crippen LogP contribution >= 0.6 is 0 Å². The SMILES string of the molecule is CNC(C)c1ccc(Oc2cccc(OC)c2)c(F)c1. The van der Waals surface area contributed by atoms with Crippen molar-refractivity contribution in [2.75, 3.05) is 14.2 Å². The normalized spacial score (nSPS) is 12.0. The smallest absolute Gasteiger partial charge is 0.166 e. The highest BCUT2D eigenvalue weighted by molar-refractivity contribution is 5.38. The van der Waals surface area contributed by atoms with E-state index < -0.39 is 0 Å². The van der Waals surface area contributed by atoms with Gasteiger partial charge in [0.1, 0.15) is 11.5 Å². The molecular weight excluding hydrogens is 257 g/mol. The van der Waals surface area contributed by atoms with Gasteiger partial charge in [0, 0.05) is 12.1 Å². The van der Waals surface area contributed by atoms with E-state index in [0.29, 0.717) is 11.5 Å². The van der Waals surface area contributed by atoms with Crippen molar-refractivity contribution in [3.63, 3.8) is 0 Å². The molecule has 0 aliphatic heterocycles. The largest absolute Gasteiger partial charge is 0.497 e. The average molecular weight is 275 g/mol. The van der Waals surface area contributed by atoms with Gasteiger partial charge in [-0.1, -0.05) is 12.1 Å². The predicted octanol–water partition coefficient (Wildman–Crippen LogP) is 3.91. The Hall–Kier alpha value is -2.07. The first-order valence-electron chi connectivity index (χ1n) is 6.42. The van der Waals surface area contributed by atoms with Gasteiger partial charge < -0.3 is 14.8 Å². The first-order valence-corrected chi connectivity index (χ1v) is 6.42. The molecule has 1 N–H and O–H groups in total. The van der Waals surface area contributed by atoms with E-state index in [4.69, 9.17) is 9.47 Å². The Balaban J connectivity index is 2.21. The zero-order valence-electron chi connectivity index (χ0n) is 11.8. The predicted molar refractivity (Wildman–Crippen MR) is 76.9 cm³/mol. The van der Waals surface area contributed by atoms with Gasteiger partial charge in [-0.25, -0.2) is 4.39 Å². The summed E-state index contributed by atoms with van der Waals surface area (Å²) < 4.78 is 24.7. The molecule has 0 aliphatic rings. The minimum Gasteiger partial charge on any atom is -0.497 e. The highest BCUT2D eigenvalue weighted by Gasteiger charge is 2.09. The van der Waals surface area contributed by atoms with Crippen LogP contribution in [-0.4, -0.2) is 14.2 Å². The molecule has 20 heavy (non-hydrogen) atoms. The summed E-state index contributed by atoms with van der Waals surface area (Å²) in [5, 5.41) is 3.07. The minimum absolute atomic E-state index is 0.0929. The van der Waals surface area contributed by atoms with Crippen LogP contribution in [0, 0.1) is 5.82 Å².